The molecule has 0 aliphatic heterocycles. The molecule has 3 unspecified atom stereocenters. The summed E-state index contributed by atoms with van der Waals surface area (Å²) in [6.07, 6.45) is 65.0. The van der Waals surface area contributed by atoms with Crippen molar-refractivity contribution in [3.63, 3.8) is 0 Å². The molecular weight excluding hydrogens is 928 g/mol. The second kappa shape index (κ2) is 53.4. The van der Waals surface area contributed by atoms with Gasteiger partial charge in [-0.2, -0.15) is 0 Å². The molecule has 9 nitrogen and oxygen atoms in total. The normalized spacial score (nSPS) is 14.0. The molecule has 0 aromatic heterocycles. The molecule has 1 amide bonds. The lowest BCUT2D eigenvalue weighted by molar-refractivity contribution is -0.870. The highest BCUT2D eigenvalue weighted by Gasteiger charge is 2.27. The first-order valence-electron chi connectivity index (χ1n) is 30.9. The molecule has 0 bridgehead atoms. The van der Waals surface area contributed by atoms with Gasteiger partial charge in [-0.1, -0.05) is 256 Å². The Balaban J connectivity index is 5.14. The minimum absolute atomic E-state index is 0.0216. The molecule has 0 spiro atoms. The number of phosphoric acid groups is 1. The summed E-state index contributed by atoms with van der Waals surface area (Å²) in [5.41, 5.74) is 0. The van der Waals surface area contributed by atoms with Crippen LogP contribution in [0, 0.1) is 0 Å². The number of likely N-dealkylation sites (N-methyl/N-ethyl adjacent to an activating group) is 1. The minimum Gasteiger partial charge on any atom is -0.756 e. The number of nitrogens with one attached hydrogen (secondary N) is 1. The van der Waals surface area contributed by atoms with Gasteiger partial charge in [0.2, 0.25) is 5.91 Å². The third-order valence-corrected chi connectivity index (χ3v) is 14.7. The van der Waals surface area contributed by atoms with E-state index in [-0.39, 0.29) is 31.5 Å². The van der Waals surface area contributed by atoms with Gasteiger partial charge in [0.25, 0.3) is 7.82 Å². The fraction of sp³-hybridized carbons (Fsp3) is 0.841. The summed E-state index contributed by atoms with van der Waals surface area (Å²) < 4.78 is 30.3. The first kappa shape index (κ1) is 71.0. The lowest BCUT2D eigenvalue weighted by atomic mass is 10.0. The predicted octanol–water partition coefficient (Wildman–Crippen LogP) is 18.3. The molecule has 0 fully saturated rings. The van der Waals surface area contributed by atoms with E-state index >= 15 is 0 Å². The molecule has 0 saturated heterocycles. The van der Waals surface area contributed by atoms with Crippen molar-refractivity contribution in [2.45, 2.75) is 303 Å². The Morgan fingerprint density at radius 2 is 0.836 bits per heavy atom. The summed E-state index contributed by atoms with van der Waals surface area (Å²) in [5, 5.41) is 3.02. The molecule has 3 atom stereocenters. The number of nitrogens with zero attached hydrogens (tertiary/aromatic N) is 1. The first-order valence-corrected chi connectivity index (χ1v) is 32.4. The maximum atomic E-state index is 13.5. The number of esters is 1. The monoisotopic (exact) mass is 1050 g/mol. The van der Waals surface area contributed by atoms with Crippen LogP contribution in [0.1, 0.15) is 290 Å². The maximum absolute atomic E-state index is 13.5. The molecule has 1 N–H and O–H groups in total. The van der Waals surface area contributed by atoms with E-state index in [2.05, 4.69) is 62.5 Å². The van der Waals surface area contributed by atoms with Crippen LogP contribution in [0.2, 0.25) is 0 Å². The zero-order valence-corrected chi connectivity index (χ0v) is 49.7. The van der Waals surface area contributed by atoms with Gasteiger partial charge in [-0.05, 0) is 70.3 Å². The summed E-state index contributed by atoms with van der Waals surface area (Å²) in [6, 6.07) is -0.886. The Morgan fingerprint density at radius 3 is 1.27 bits per heavy atom. The standard InChI is InChI=1S/C63H119N2O7P/c1-7-10-13-16-19-22-25-27-28-29-30-31-32-33-34-35-36-38-41-44-47-50-53-56-63(67)72-61(54-51-48-45-42-39-24-21-18-15-12-9-3)60(59-71-73(68,69)70-58-57-65(4,5)6)64-62(66)55-52-49-46-43-40-37-26-23-20-17-14-11-8-2/h19,22,27-28,30-31,51,54,60-61H,7-18,20-21,23-26,29,32-50,52-53,55-59H2,1-6H3,(H-,64,66,68,69)/b22-19-,28-27-,31-30-,54-51+. The Hall–Kier alpha value is -2.03. The van der Waals surface area contributed by atoms with Gasteiger partial charge < -0.3 is 28.5 Å². The Labute approximate surface area is 452 Å². The van der Waals surface area contributed by atoms with Crippen molar-refractivity contribution >= 4 is 19.7 Å². The third kappa shape index (κ3) is 54.6. The van der Waals surface area contributed by atoms with E-state index in [0.29, 0.717) is 17.4 Å². The fourth-order valence-corrected chi connectivity index (χ4v) is 9.66. The lowest BCUT2D eigenvalue weighted by Crippen LogP contribution is -2.47. The number of amides is 1. The van der Waals surface area contributed by atoms with Crippen LogP contribution in [0.5, 0.6) is 0 Å². The molecule has 0 saturated carbocycles. The van der Waals surface area contributed by atoms with Gasteiger partial charge in [0.1, 0.15) is 19.3 Å². The largest absolute Gasteiger partial charge is 0.756 e. The van der Waals surface area contributed by atoms with Crippen molar-refractivity contribution in [2.24, 2.45) is 0 Å². The minimum atomic E-state index is -4.69. The van der Waals surface area contributed by atoms with E-state index in [1.807, 2.05) is 33.3 Å². The number of allylic oxidation sites excluding steroid dienone is 7. The van der Waals surface area contributed by atoms with Crippen molar-refractivity contribution in [3.05, 3.63) is 48.6 Å². The molecular formula is C63H119N2O7P. The Kier molecular flexibility index (Phi) is 51.9. The highest BCUT2D eigenvalue weighted by molar-refractivity contribution is 7.45. The summed E-state index contributed by atoms with van der Waals surface area (Å²) in [6.45, 7) is 6.82. The zero-order valence-electron chi connectivity index (χ0n) is 48.8. The molecule has 0 aromatic rings. The number of carbonyl (C=O) groups is 2. The van der Waals surface area contributed by atoms with Crippen LogP contribution in [0.15, 0.2) is 48.6 Å². The van der Waals surface area contributed by atoms with E-state index in [4.69, 9.17) is 13.8 Å². The second-order valence-electron chi connectivity index (χ2n) is 22.2. The van der Waals surface area contributed by atoms with Crippen LogP contribution in [0.25, 0.3) is 0 Å². The average molecular weight is 1050 g/mol. The van der Waals surface area contributed by atoms with E-state index < -0.39 is 20.0 Å². The summed E-state index contributed by atoms with van der Waals surface area (Å²) in [5.74, 6) is -0.537. The molecule has 0 aromatic carbocycles. The van der Waals surface area contributed by atoms with Gasteiger partial charge in [0.15, 0.2) is 0 Å². The Morgan fingerprint density at radius 1 is 0.479 bits per heavy atom. The van der Waals surface area contributed by atoms with E-state index in [0.717, 1.165) is 70.6 Å². The summed E-state index contributed by atoms with van der Waals surface area (Å²) >= 11 is 0. The third-order valence-electron chi connectivity index (χ3n) is 13.8. The summed E-state index contributed by atoms with van der Waals surface area (Å²) in [7, 11) is 1.19. The maximum Gasteiger partial charge on any atom is 0.306 e. The van der Waals surface area contributed by atoms with Crippen molar-refractivity contribution in [3.8, 4) is 0 Å². The second-order valence-corrected chi connectivity index (χ2v) is 23.6. The average Bonchev–Trinajstić information content (AvgIpc) is 3.35. The number of quaternary nitrogens is 1. The molecule has 428 valence electrons. The number of phosphoric ester groups is 1. The van der Waals surface area contributed by atoms with Crippen LogP contribution in [-0.2, 0) is 27.9 Å². The molecule has 10 heteroatoms. The highest BCUT2D eigenvalue weighted by atomic mass is 31.2. The van der Waals surface area contributed by atoms with Crippen LogP contribution in [0.4, 0.5) is 0 Å². The van der Waals surface area contributed by atoms with Gasteiger partial charge in [-0.3, -0.25) is 14.2 Å². The quantitative estimate of drug-likeness (QED) is 0.0212. The van der Waals surface area contributed by atoms with Gasteiger partial charge in [0.05, 0.1) is 33.8 Å². The highest BCUT2D eigenvalue weighted by Crippen LogP contribution is 2.38. The van der Waals surface area contributed by atoms with E-state index in [9.17, 15) is 19.0 Å². The number of ether oxygens (including phenoxy) is 1. The van der Waals surface area contributed by atoms with E-state index in [1.54, 1.807) is 0 Å². The van der Waals surface area contributed by atoms with Crippen molar-refractivity contribution < 1.29 is 37.3 Å². The molecule has 73 heavy (non-hydrogen) atoms. The van der Waals surface area contributed by atoms with Crippen molar-refractivity contribution in [1.29, 1.82) is 0 Å². The number of carbonyl (C=O) groups excluding carboxylic acids is 2. The number of unbranched alkanes of at least 4 members (excludes halogenated alkanes) is 34. The lowest BCUT2D eigenvalue weighted by Gasteiger charge is -2.30. The van der Waals surface area contributed by atoms with Gasteiger partial charge >= 0.3 is 5.97 Å². The van der Waals surface area contributed by atoms with Gasteiger partial charge in [0, 0.05) is 12.8 Å². The number of rotatable bonds is 56. The van der Waals surface area contributed by atoms with Crippen LogP contribution < -0.4 is 10.2 Å². The summed E-state index contributed by atoms with van der Waals surface area (Å²) in [4.78, 5) is 39.9. The molecule has 0 aliphatic carbocycles. The SMILES string of the molecule is CCCCC/C=C\C/C=C\C/C=C\CCCCCCCCCCCCC(=O)OC(/C=C/CCCCCCCCCCC)C(COP(=O)([O-])OCC[N+](C)(C)C)NC(=O)CCCCCCCCCCCCCCC. The van der Waals surface area contributed by atoms with Crippen LogP contribution in [0.3, 0.4) is 0 Å². The number of hydrogen-bond acceptors (Lipinski definition) is 7. The van der Waals surface area contributed by atoms with Gasteiger partial charge in [-0.15, -0.1) is 0 Å². The first-order chi connectivity index (χ1) is 35.4. The molecule has 0 aliphatic rings. The van der Waals surface area contributed by atoms with E-state index in [1.165, 1.54) is 186 Å². The topological polar surface area (TPSA) is 114 Å². The fourth-order valence-electron chi connectivity index (χ4n) is 8.94. The predicted molar refractivity (Wildman–Crippen MR) is 312 cm³/mol. The zero-order chi connectivity index (χ0) is 53.6. The van der Waals surface area contributed by atoms with Crippen LogP contribution in [-0.4, -0.2) is 69.4 Å². The van der Waals surface area contributed by atoms with Crippen molar-refractivity contribution in [2.75, 3.05) is 40.9 Å². The van der Waals surface area contributed by atoms with Crippen molar-refractivity contribution in [1.82, 2.24) is 5.32 Å². The molecule has 0 radical (unpaired) electrons. The van der Waals surface area contributed by atoms with Gasteiger partial charge in [-0.25, -0.2) is 0 Å². The van der Waals surface area contributed by atoms with Crippen LogP contribution >= 0.6 is 7.82 Å². The Bertz CT molecular complexity index is 1390. The smallest absolute Gasteiger partial charge is 0.306 e. The molecule has 0 rings (SSSR count). The molecule has 0 heterocycles. The number of hydrogen-bond donors (Lipinski definition) is 1.